The van der Waals surface area contributed by atoms with Crippen LogP contribution in [0.25, 0.3) is 0 Å². The van der Waals surface area contributed by atoms with Crippen molar-refractivity contribution >= 4 is 5.69 Å². The van der Waals surface area contributed by atoms with Gasteiger partial charge in [0.25, 0.3) is 5.69 Å². The molecule has 1 N–H and O–H groups in total. The Hall–Kier alpha value is -1.69. The number of nitrogens with one attached hydrogen (secondary N) is 1. The molecule has 0 saturated carbocycles. The van der Waals surface area contributed by atoms with Gasteiger partial charge in [0, 0.05) is 24.3 Å². The minimum atomic E-state index is -0.434. The van der Waals surface area contributed by atoms with E-state index in [-0.39, 0.29) is 11.6 Å². The van der Waals surface area contributed by atoms with Crippen LogP contribution in [-0.4, -0.2) is 29.1 Å². The van der Waals surface area contributed by atoms with Crippen molar-refractivity contribution in [2.75, 3.05) is 13.2 Å². The van der Waals surface area contributed by atoms with E-state index in [4.69, 9.17) is 4.74 Å². The molecule has 0 aliphatic rings. The molecule has 0 aromatic carbocycles. The third kappa shape index (κ3) is 4.36. The second-order valence-electron chi connectivity index (χ2n) is 4.02. The summed E-state index contributed by atoms with van der Waals surface area (Å²) in [6, 6.07) is 1.74. The Morgan fingerprint density at radius 1 is 1.59 bits per heavy atom. The van der Waals surface area contributed by atoms with E-state index in [9.17, 15) is 10.1 Å². The predicted molar refractivity (Wildman–Crippen MR) is 64.3 cm³/mol. The summed E-state index contributed by atoms with van der Waals surface area (Å²) in [5.74, 6) is 0.285. The predicted octanol–water partition coefficient (Wildman–Crippen LogP) is 1.68. The maximum Gasteiger partial charge on any atom is 0.279 e. The number of rotatable bonds is 6. The highest BCUT2D eigenvalue weighted by Gasteiger charge is 2.12. The molecule has 0 atom stereocenters. The zero-order valence-corrected chi connectivity index (χ0v) is 10.3. The largest absolute Gasteiger partial charge is 0.476 e. The van der Waals surface area contributed by atoms with Gasteiger partial charge < -0.3 is 10.1 Å². The Bertz CT molecular complexity index is 394. The van der Waals surface area contributed by atoms with Crippen molar-refractivity contribution in [3.05, 3.63) is 27.9 Å². The van der Waals surface area contributed by atoms with E-state index in [0.29, 0.717) is 24.8 Å². The first-order valence-electron chi connectivity index (χ1n) is 5.48. The fourth-order valence-electron chi connectivity index (χ4n) is 1.27. The van der Waals surface area contributed by atoms with E-state index in [2.05, 4.69) is 10.3 Å². The van der Waals surface area contributed by atoms with Crippen molar-refractivity contribution in [1.82, 2.24) is 10.3 Å². The summed E-state index contributed by atoms with van der Waals surface area (Å²) in [5, 5.41) is 13.9. The fourth-order valence-corrected chi connectivity index (χ4v) is 1.27. The van der Waals surface area contributed by atoms with Crippen LogP contribution in [0.15, 0.2) is 12.3 Å². The first kappa shape index (κ1) is 13.4. The van der Waals surface area contributed by atoms with Gasteiger partial charge in [-0.25, -0.2) is 4.98 Å². The average Bonchev–Trinajstić information content (AvgIpc) is 2.25. The molecule has 0 unspecified atom stereocenters. The number of ether oxygens (including phenoxy) is 1. The van der Waals surface area contributed by atoms with Gasteiger partial charge >= 0.3 is 0 Å². The van der Waals surface area contributed by atoms with Crippen molar-refractivity contribution in [3.63, 3.8) is 0 Å². The van der Waals surface area contributed by atoms with Crippen LogP contribution in [0.2, 0.25) is 0 Å². The monoisotopic (exact) mass is 239 g/mol. The Morgan fingerprint density at radius 2 is 2.29 bits per heavy atom. The Kier molecular flexibility index (Phi) is 4.84. The molecule has 1 aromatic rings. The third-order valence-corrected chi connectivity index (χ3v) is 2.15. The van der Waals surface area contributed by atoms with Crippen LogP contribution in [0.1, 0.15) is 19.4 Å². The van der Waals surface area contributed by atoms with Crippen LogP contribution in [0.5, 0.6) is 5.88 Å². The molecule has 1 heterocycles. The standard InChI is InChI=1S/C11H17N3O3/c1-8(2)12-4-5-17-11-6-10(14(15)16)9(3)7-13-11/h6-8,12H,4-5H2,1-3H3. The second-order valence-corrected chi connectivity index (χ2v) is 4.02. The zero-order valence-electron chi connectivity index (χ0n) is 10.3. The van der Waals surface area contributed by atoms with Gasteiger partial charge in [-0.15, -0.1) is 0 Å². The number of aromatic nitrogens is 1. The van der Waals surface area contributed by atoms with Crippen molar-refractivity contribution in [2.45, 2.75) is 26.8 Å². The smallest absolute Gasteiger partial charge is 0.279 e. The van der Waals surface area contributed by atoms with E-state index in [1.807, 2.05) is 13.8 Å². The molecule has 1 rings (SSSR count). The van der Waals surface area contributed by atoms with Crippen molar-refractivity contribution in [1.29, 1.82) is 0 Å². The summed E-state index contributed by atoms with van der Waals surface area (Å²) in [6.45, 7) is 6.84. The molecule has 0 saturated heterocycles. The lowest BCUT2D eigenvalue weighted by Gasteiger charge is -2.09. The molecule has 0 amide bonds. The molecule has 0 spiro atoms. The molecule has 0 aliphatic heterocycles. The molecule has 1 aromatic heterocycles. The van der Waals surface area contributed by atoms with Crippen LogP contribution < -0.4 is 10.1 Å². The highest BCUT2D eigenvalue weighted by atomic mass is 16.6. The highest BCUT2D eigenvalue weighted by Crippen LogP contribution is 2.20. The van der Waals surface area contributed by atoms with Gasteiger partial charge in [0.1, 0.15) is 6.61 Å². The van der Waals surface area contributed by atoms with Crippen molar-refractivity contribution in [3.8, 4) is 5.88 Å². The molecule has 0 aliphatic carbocycles. The topological polar surface area (TPSA) is 77.3 Å². The maximum absolute atomic E-state index is 10.7. The number of nitro groups is 1. The van der Waals surface area contributed by atoms with Gasteiger partial charge in [-0.1, -0.05) is 13.8 Å². The van der Waals surface area contributed by atoms with E-state index >= 15 is 0 Å². The lowest BCUT2D eigenvalue weighted by molar-refractivity contribution is -0.385. The van der Waals surface area contributed by atoms with Crippen molar-refractivity contribution in [2.24, 2.45) is 0 Å². The minimum Gasteiger partial charge on any atom is -0.476 e. The summed E-state index contributed by atoms with van der Waals surface area (Å²) in [5.41, 5.74) is 0.564. The van der Waals surface area contributed by atoms with Crippen LogP contribution in [0, 0.1) is 17.0 Å². The van der Waals surface area contributed by atoms with Crippen LogP contribution in [0.3, 0.4) is 0 Å². The van der Waals surface area contributed by atoms with E-state index < -0.39 is 4.92 Å². The van der Waals surface area contributed by atoms with Gasteiger partial charge in [-0.2, -0.15) is 0 Å². The maximum atomic E-state index is 10.7. The first-order valence-corrected chi connectivity index (χ1v) is 5.48. The number of aryl methyl sites for hydroxylation is 1. The summed E-state index contributed by atoms with van der Waals surface area (Å²) in [4.78, 5) is 14.3. The van der Waals surface area contributed by atoms with Gasteiger partial charge in [0.2, 0.25) is 5.88 Å². The summed E-state index contributed by atoms with van der Waals surface area (Å²) in [6.07, 6.45) is 1.45. The van der Waals surface area contributed by atoms with Crippen LogP contribution >= 0.6 is 0 Å². The number of hydrogen-bond acceptors (Lipinski definition) is 5. The molecular weight excluding hydrogens is 222 g/mol. The van der Waals surface area contributed by atoms with Gasteiger partial charge in [0.15, 0.2) is 0 Å². The fraction of sp³-hybridized carbons (Fsp3) is 0.545. The number of nitrogens with zero attached hydrogens (tertiary/aromatic N) is 2. The van der Waals surface area contributed by atoms with Crippen molar-refractivity contribution < 1.29 is 9.66 Å². The summed E-state index contributed by atoms with van der Waals surface area (Å²) >= 11 is 0. The Labute approximate surface area is 100 Å². The Balaban J connectivity index is 2.54. The molecule has 6 nitrogen and oxygen atoms in total. The molecule has 17 heavy (non-hydrogen) atoms. The first-order chi connectivity index (χ1) is 8.00. The van der Waals surface area contributed by atoms with Crippen LogP contribution in [-0.2, 0) is 0 Å². The minimum absolute atomic E-state index is 0.0341. The average molecular weight is 239 g/mol. The van der Waals surface area contributed by atoms with E-state index in [1.54, 1.807) is 6.92 Å². The number of pyridine rings is 1. The normalized spacial score (nSPS) is 10.6. The van der Waals surface area contributed by atoms with Gasteiger partial charge in [-0.05, 0) is 6.92 Å². The van der Waals surface area contributed by atoms with Gasteiger partial charge in [0.05, 0.1) is 11.0 Å². The number of hydrogen-bond donors (Lipinski definition) is 1. The lowest BCUT2D eigenvalue weighted by atomic mass is 10.3. The molecule has 6 heteroatoms. The zero-order chi connectivity index (χ0) is 12.8. The summed E-state index contributed by atoms with van der Waals surface area (Å²) in [7, 11) is 0. The SMILES string of the molecule is Cc1cnc(OCCNC(C)C)cc1[N+](=O)[O-]. The molecule has 0 fully saturated rings. The van der Waals surface area contributed by atoms with E-state index in [0.717, 1.165) is 0 Å². The van der Waals surface area contributed by atoms with Crippen LogP contribution in [0.4, 0.5) is 5.69 Å². The Morgan fingerprint density at radius 3 is 2.88 bits per heavy atom. The molecular formula is C11H17N3O3. The molecule has 0 radical (unpaired) electrons. The lowest BCUT2D eigenvalue weighted by Crippen LogP contribution is -2.27. The van der Waals surface area contributed by atoms with Gasteiger partial charge in [-0.3, -0.25) is 10.1 Å². The quantitative estimate of drug-likeness (QED) is 0.464. The second kappa shape index (κ2) is 6.15. The molecule has 94 valence electrons. The molecule has 0 bridgehead atoms. The van der Waals surface area contributed by atoms with E-state index in [1.165, 1.54) is 12.3 Å². The third-order valence-electron chi connectivity index (χ3n) is 2.15. The highest BCUT2D eigenvalue weighted by molar-refractivity contribution is 5.40. The summed E-state index contributed by atoms with van der Waals surface area (Å²) < 4.78 is 5.32.